The lowest BCUT2D eigenvalue weighted by atomic mass is 9.98. The third-order valence-electron chi connectivity index (χ3n) is 6.94. The monoisotopic (exact) mass is 420 g/mol. The molecule has 2 atom stereocenters. The van der Waals surface area contributed by atoms with Crippen LogP contribution in [-0.4, -0.2) is 79.0 Å². The average Bonchev–Trinajstić information content (AvgIpc) is 2.83. The van der Waals surface area contributed by atoms with Gasteiger partial charge in [0.25, 0.3) is 0 Å². The van der Waals surface area contributed by atoms with E-state index in [1.807, 2.05) is 43.3 Å². The van der Waals surface area contributed by atoms with Crippen LogP contribution in [0, 0.1) is 0 Å². The van der Waals surface area contributed by atoms with Crippen molar-refractivity contribution in [3.63, 3.8) is 0 Å². The maximum Gasteiger partial charge on any atom is 0.237 e. The standard InChI is InChI=1S/C26H36N4O/c1-21(29-16-18-30(19-17-29)24-14-9-15-28(2)20-24)26(31)27-25(22-10-5-3-6-11-22)23-12-7-4-8-13-23/h3-8,10-13,21,24-25H,9,14-20H2,1-2H3,(H,27,31). The number of carbonyl (C=O) groups excluding carboxylic acids is 1. The van der Waals surface area contributed by atoms with Gasteiger partial charge in [-0.1, -0.05) is 60.7 Å². The Morgan fingerprint density at radius 2 is 1.48 bits per heavy atom. The number of piperidine rings is 1. The number of carbonyl (C=O) groups is 1. The molecule has 5 heteroatoms. The minimum atomic E-state index is -0.133. The molecule has 1 amide bonds. The first-order valence-electron chi connectivity index (χ1n) is 11.7. The fourth-order valence-corrected chi connectivity index (χ4v) is 5.01. The van der Waals surface area contributed by atoms with Gasteiger partial charge >= 0.3 is 0 Å². The van der Waals surface area contributed by atoms with Crippen LogP contribution < -0.4 is 5.32 Å². The summed E-state index contributed by atoms with van der Waals surface area (Å²) in [4.78, 5) is 20.7. The zero-order chi connectivity index (χ0) is 21.6. The van der Waals surface area contributed by atoms with Crippen molar-refractivity contribution in [2.45, 2.75) is 37.9 Å². The Hall–Kier alpha value is -2.21. The van der Waals surface area contributed by atoms with E-state index < -0.39 is 0 Å². The summed E-state index contributed by atoms with van der Waals surface area (Å²) < 4.78 is 0. The first-order chi connectivity index (χ1) is 15.1. The molecule has 1 N–H and O–H groups in total. The molecule has 0 aliphatic carbocycles. The van der Waals surface area contributed by atoms with Crippen LogP contribution in [0.4, 0.5) is 0 Å². The molecule has 2 heterocycles. The number of hydrogen-bond acceptors (Lipinski definition) is 4. The highest BCUT2D eigenvalue weighted by Crippen LogP contribution is 2.23. The van der Waals surface area contributed by atoms with E-state index in [1.54, 1.807) is 0 Å². The minimum absolute atomic E-state index is 0.101. The van der Waals surface area contributed by atoms with Gasteiger partial charge in [0, 0.05) is 38.8 Å². The topological polar surface area (TPSA) is 38.8 Å². The van der Waals surface area contributed by atoms with Crippen molar-refractivity contribution in [3.05, 3.63) is 71.8 Å². The third kappa shape index (κ3) is 5.53. The number of amides is 1. The van der Waals surface area contributed by atoms with E-state index in [-0.39, 0.29) is 18.0 Å². The fourth-order valence-electron chi connectivity index (χ4n) is 5.01. The van der Waals surface area contributed by atoms with Crippen molar-refractivity contribution >= 4 is 5.91 Å². The lowest BCUT2D eigenvalue weighted by molar-refractivity contribution is -0.127. The highest BCUT2D eigenvalue weighted by atomic mass is 16.2. The smallest absolute Gasteiger partial charge is 0.237 e. The summed E-state index contributed by atoms with van der Waals surface area (Å²) in [6.07, 6.45) is 2.59. The van der Waals surface area contributed by atoms with Crippen molar-refractivity contribution < 1.29 is 4.79 Å². The summed E-state index contributed by atoms with van der Waals surface area (Å²) in [6, 6.07) is 20.9. The molecule has 0 saturated carbocycles. The van der Waals surface area contributed by atoms with E-state index >= 15 is 0 Å². The van der Waals surface area contributed by atoms with Gasteiger partial charge in [0.2, 0.25) is 5.91 Å². The normalized spacial score (nSPS) is 22.4. The molecule has 4 rings (SSSR count). The summed E-state index contributed by atoms with van der Waals surface area (Å²) in [6.45, 7) is 8.45. The Bertz CT molecular complexity index is 780. The molecule has 2 saturated heterocycles. The van der Waals surface area contributed by atoms with Gasteiger partial charge in [-0.2, -0.15) is 0 Å². The number of hydrogen-bond donors (Lipinski definition) is 1. The number of benzene rings is 2. The number of nitrogens with one attached hydrogen (secondary N) is 1. The third-order valence-corrected chi connectivity index (χ3v) is 6.94. The van der Waals surface area contributed by atoms with Crippen LogP contribution in [0.25, 0.3) is 0 Å². The quantitative estimate of drug-likeness (QED) is 0.780. The van der Waals surface area contributed by atoms with E-state index in [2.05, 4.69) is 51.3 Å². The number of likely N-dealkylation sites (tertiary alicyclic amines) is 1. The SMILES string of the molecule is CC(C(=O)NC(c1ccccc1)c1ccccc1)N1CCN(C2CCCN(C)C2)CC1. The van der Waals surface area contributed by atoms with Crippen molar-refractivity contribution in [1.82, 2.24) is 20.0 Å². The van der Waals surface area contributed by atoms with Crippen LogP contribution >= 0.6 is 0 Å². The number of piperazine rings is 1. The number of rotatable bonds is 6. The summed E-state index contributed by atoms with van der Waals surface area (Å²) in [5.74, 6) is 0.101. The molecule has 2 aromatic rings. The summed E-state index contributed by atoms with van der Waals surface area (Å²) in [5, 5.41) is 3.33. The van der Waals surface area contributed by atoms with Gasteiger partial charge in [-0.15, -0.1) is 0 Å². The molecule has 0 spiro atoms. The first-order valence-corrected chi connectivity index (χ1v) is 11.7. The van der Waals surface area contributed by atoms with Gasteiger partial charge < -0.3 is 10.2 Å². The van der Waals surface area contributed by atoms with Gasteiger partial charge in [0.1, 0.15) is 0 Å². The van der Waals surface area contributed by atoms with Crippen LogP contribution in [0.15, 0.2) is 60.7 Å². The fraction of sp³-hybridized carbons (Fsp3) is 0.500. The zero-order valence-electron chi connectivity index (χ0n) is 18.9. The minimum Gasteiger partial charge on any atom is -0.344 e. The van der Waals surface area contributed by atoms with E-state index in [4.69, 9.17) is 0 Å². The number of likely N-dealkylation sites (N-methyl/N-ethyl adjacent to an activating group) is 1. The maximum atomic E-state index is 13.3. The van der Waals surface area contributed by atoms with Crippen LogP contribution in [0.3, 0.4) is 0 Å². The van der Waals surface area contributed by atoms with Crippen molar-refractivity contribution in [1.29, 1.82) is 0 Å². The molecule has 2 aromatic carbocycles. The Morgan fingerprint density at radius 3 is 2.03 bits per heavy atom. The van der Waals surface area contributed by atoms with E-state index in [1.165, 1.54) is 25.9 Å². The second kappa shape index (κ2) is 10.4. The van der Waals surface area contributed by atoms with Crippen molar-refractivity contribution in [2.75, 3.05) is 46.3 Å². The summed E-state index contributed by atoms with van der Waals surface area (Å²) >= 11 is 0. The van der Waals surface area contributed by atoms with Gasteiger partial charge in [0.15, 0.2) is 0 Å². The Morgan fingerprint density at radius 1 is 0.903 bits per heavy atom. The molecule has 0 aromatic heterocycles. The summed E-state index contributed by atoms with van der Waals surface area (Å²) in [5.41, 5.74) is 2.22. The largest absolute Gasteiger partial charge is 0.344 e. The predicted octanol–water partition coefficient (Wildman–Crippen LogP) is 2.99. The Kier molecular flexibility index (Phi) is 7.38. The molecule has 2 aliphatic rings. The molecule has 2 fully saturated rings. The zero-order valence-corrected chi connectivity index (χ0v) is 18.9. The van der Waals surface area contributed by atoms with Gasteiger partial charge in [0.05, 0.1) is 12.1 Å². The molecule has 5 nitrogen and oxygen atoms in total. The van der Waals surface area contributed by atoms with Gasteiger partial charge in [-0.3, -0.25) is 14.6 Å². The van der Waals surface area contributed by atoms with Crippen LogP contribution in [0.5, 0.6) is 0 Å². The van der Waals surface area contributed by atoms with Crippen LogP contribution in [-0.2, 0) is 4.79 Å². The van der Waals surface area contributed by atoms with Crippen LogP contribution in [0.2, 0.25) is 0 Å². The molecule has 166 valence electrons. The molecular weight excluding hydrogens is 384 g/mol. The molecule has 31 heavy (non-hydrogen) atoms. The highest BCUT2D eigenvalue weighted by Gasteiger charge is 2.31. The second-order valence-electron chi connectivity index (χ2n) is 9.07. The molecule has 0 radical (unpaired) electrons. The highest BCUT2D eigenvalue weighted by molar-refractivity contribution is 5.82. The average molecular weight is 421 g/mol. The molecular formula is C26H36N4O. The van der Waals surface area contributed by atoms with E-state index in [0.717, 1.165) is 37.3 Å². The maximum absolute atomic E-state index is 13.3. The molecule has 0 bridgehead atoms. The van der Waals surface area contributed by atoms with Gasteiger partial charge in [-0.05, 0) is 44.5 Å². The Labute approximate surface area is 187 Å². The van der Waals surface area contributed by atoms with Crippen molar-refractivity contribution in [3.8, 4) is 0 Å². The second-order valence-corrected chi connectivity index (χ2v) is 9.07. The molecule has 2 unspecified atom stereocenters. The first kappa shape index (κ1) is 22.0. The van der Waals surface area contributed by atoms with Gasteiger partial charge in [-0.25, -0.2) is 0 Å². The summed E-state index contributed by atoms with van der Waals surface area (Å²) in [7, 11) is 2.23. The van der Waals surface area contributed by atoms with Crippen molar-refractivity contribution in [2.24, 2.45) is 0 Å². The van der Waals surface area contributed by atoms with E-state index in [9.17, 15) is 4.79 Å². The lowest BCUT2D eigenvalue weighted by Crippen LogP contribution is -2.58. The van der Waals surface area contributed by atoms with Crippen LogP contribution in [0.1, 0.15) is 36.9 Å². The molecule has 2 aliphatic heterocycles. The lowest BCUT2D eigenvalue weighted by Gasteiger charge is -2.43. The number of nitrogens with zero attached hydrogens (tertiary/aromatic N) is 3. The van der Waals surface area contributed by atoms with E-state index in [0.29, 0.717) is 6.04 Å². The predicted molar refractivity (Wildman–Crippen MR) is 126 cm³/mol. The Balaban J connectivity index is 1.37.